The first-order valence-corrected chi connectivity index (χ1v) is 10.4. The van der Waals surface area contributed by atoms with E-state index < -0.39 is 0 Å². The highest BCUT2D eigenvalue weighted by molar-refractivity contribution is 5.93. The molecule has 2 fully saturated rings. The molecule has 4 rings (SSSR count). The van der Waals surface area contributed by atoms with Crippen molar-refractivity contribution in [2.75, 3.05) is 37.0 Å². The summed E-state index contributed by atoms with van der Waals surface area (Å²) in [6.07, 6.45) is 3.76. The number of anilines is 2. The van der Waals surface area contributed by atoms with Gasteiger partial charge in [-0.05, 0) is 48.7 Å². The number of nitrogens with one attached hydrogen (secondary N) is 1. The monoisotopic (exact) mass is 409 g/mol. The fraction of sp³-hybridized carbons (Fsp3) is 0.391. The molecule has 0 unspecified atom stereocenters. The summed E-state index contributed by atoms with van der Waals surface area (Å²) in [5.41, 5.74) is 2.49. The lowest BCUT2D eigenvalue weighted by Crippen LogP contribution is -2.38. The maximum atomic E-state index is 13.2. The Morgan fingerprint density at radius 1 is 1.10 bits per heavy atom. The number of rotatable bonds is 4. The number of benzene rings is 2. The summed E-state index contributed by atoms with van der Waals surface area (Å²) in [5.74, 6) is 0.806. The molecule has 2 saturated heterocycles. The minimum atomic E-state index is -0.356. The van der Waals surface area contributed by atoms with Crippen molar-refractivity contribution in [1.29, 1.82) is 0 Å². The summed E-state index contributed by atoms with van der Waals surface area (Å²) >= 11 is 0. The highest BCUT2D eigenvalue weighted by atomic mass is 16.6. The predicted octanol–water partition coefficient (Wildman–Crippen LogP) is 4.80. The minimum Gasteiger partial charge on any atom is -0.497 e. The Morgan fingerprint density at radius 3 is 2.67 bits per heavy atom. The third-order valence-corrected chi connectivity index (χ3v) is 5.68. The second-order valence-electron chi connectivity index (χ2n) is 7.58. The molecule has 0 spiro atoms. The van der Waals surface area contributed by atoms with Crippen LogP contribution >= 0.6 is 0 Å². The molecule has 7 heteroatoms. The average Bonchev–Trinajstić information content (AvgIpc) is 3.05. The zero-order chi connectivity index (χ0) is 20.9. The lowest BCUT2D eigenvalue weighted by atomic mass is 10.0. The molecule has 3 amide bonds. The van der Waals surface area contributed by atoms with Crippen LogP contribution < -0.4 is 15.0 Å². The Bertz CT molecular complexity index is 900. The van der Waals surface area contributed by atoms with Crippen LogP contribution in [0.15, 0.2) is 48.5 Å². The van der Waals surface area contributed by atoms with Gasteiger partial charge in [-0.2, -0.15) is 0 Å². The van der Waals surface area contributed by atoms with Gasteiger partial charge in [0, 0.05) is 17.9 Å². The van der Waals surface area contributed by atoms with Crippen LogP contribution in [0.1, 0.15) is 37.3 Å². The van der Waals surface area contributed by atoms with E-state index in [4.69, 9.17) is 9.47 Å². The van der Waals surface area contributed by atoms with Crippen LogP contribution in [0.3, 0.4) is 0 Å². The summed E-state index contributed by atoms with van der Waals surface area (Å²) in [4.78, 5) is 28.5. The number of ether oxygens (including phenoxy) is 2. The molecule has 0 saturated carbocycles. The number of likely N-dealkylation sites (tertiary alicyclic amines) is 1. The van der Waals surface area contributed by atoms with E-state index >= 15 is 0 Å². The van der Waals surface area contributed by atoms with Gasteiger partial charge in [0.15, 0.2) is 0 Å². The Morgan fingerprint density at radius 2 is 1.93 bits per heavy atom. The first kappa shape index (κ1) is 20.1. The largest absolute Gasteiger partial charge is 0.497 e. The minimum absolute atomic E-state index is 0.0233. The van der Waals surface area contributed by atoms with Crippen molar-refractivity contribution < 1.29 is 19.1 Å². The molecule has 0 aliphatic carbocycles. The Balaban J connectivity index is 1.52. The lowest BCUT2D eigenvalue weighted by molar-refractivity contribution is 0.181. The SMILES string of the molecule is COc1ccc([C@H]2CCCCCN2C(=O)Nc2cccc(N3CCOC3=O)c2)cc1. The molecule has 2 aromatic rings. The summed E-state index contributed by atoms with van der Waals surface area (Å²) in [6, 6.07) is 15.2. The predicted molar refractivity (Wildman–Crippen MR) is 115 cm³/mol. The third-order valence-electron chi connectivity index (χ3n) is 5.68. The summed E-state index contributed by atoms with van der Waals surface area (Å²) in [5, 5.41) is 3.02. The van der Waals surface area contributed by atoms with Crippen molar-refractivity contribution in [3.8, 4) is 5.75 Å². The molecule has 2 aliphatic rings. The van der Waals surface area contributed by atoms with E-state index in [1.54, 1.807) is 12.0 Å². The van der Waals surface area contributed by atoms with Crippen LogP contribution in [0.4, 0.5) is 21.0 Å². The van der Waals surface area contributed by atoms with Crippen LogP contribution in [0.5, 0.6) is 5.75 Å². The van der Waals surface area contributed by atoms with Gasteiger partial charge in [0.2, 0.25) is 0 Å². The van der Waals surface area contributed by atoms with Crippen molar-refractivity contribution in [3.63, 3.8) is 0 Å². The number of carbonyl (C=O) groups is 2. The number of amides is 3. The molecule has 1 atom stereocenters. The van der Waals surface area contributed by atoms with E-state index in [-0.39, 0.29) is 18.2 Å². The first-order chi connectivity index (χ1) is 14.7. The van der Waals surface area contributed by atoms with E-state index in [9.17, 15) is 9.59 Å². The van der Waals surface area contributed by atoms with Crippen LogP contribution in [0, 0.1) is 0 Å². The zero-order valence-corrected chi connectivity index (χ0v) is 17.2. The lowest BCUT2D eigenvalue weighted by Gasteiger charge is -2.31. The van der Waals surface area contributed by atoms with Gasteiger partial charge >= 0.3 is 12.1 Å². The highest BCUT2D eigenvalue weighted by Crippen LogP contribution is 2.32. The van der Waals surface area contributed by atoms with Gasteiger partial charge in [-0.3, -0.25) is 4.90 Å². The van der Waals surface area contributed by atoms with Crippen LogP contribution in [-0.4, -0.2) is 43.8 Å². The number of cyclic esters (lactones) is 1. The molecule has 2 aromatic carbocycles. The molecule has 1 N–H and O–H groups in total. The molecule has 0 aromatic heterocycles. The Labute approximate surface area is 176 Å². The van der Waals surface area contributed by atoms with Crippen molar-refractivity contribution in [3.05, 3.63) is 54.1 Å². The number of carbonyl (C=O) groups excluding carboxylic acids is 2. The molecule has 0 bridgehead atoms. The molecule has 2 heterocycles. The third kappa shape index (κ3) is 4.35. The maximum Gasteiger partial charge on any atom is 0.414 e. The van der Waals surface area contributed by atoms with Crippen LogP contribution in [-0.2, 0) is 4.74 Å². The quantitative estimate of drug-likeness (QED) is 0.787. The molecular weight excluding hydrogens is 382 g/mol. The molecule has 0 radical (unpaired) electrons. The van der Waals surface area contributed by atoms with E-state index in [0.29, 0.717) is 25.4 Å². The molecular formula is C23H27N3O4. The zero-order valence-electron chi connectivity index (χ0n) is 17.2. The van der Waals surface area contributed by atoms with Crippen molar-refractivity contribution in [2.45, 2.75) is 31.7 Å². The van der Waals surface area contributed by atoms with Crippen molar-refractivity contribution >= 4 is 23.5 Å². The summed E-state index contributed by atoms with van der Waals surface area (Å²) in [7, 11) is 1.65. The maximum absolute atomic E-state index is 13.2. The molecule has 2 aliphatic heterocycles. The van der Waals surface area contributed by atoms with Gasteiger partial charge in [-0.1, -0.05) is 31.0 Å². The second kappa shape index (κ2) is 9.07. The summed E-state index contributed by atoms with van der Waals surface area (Å²) < 4.78 is 10.3. The molecule has 7 nitrogen and oxygen atoms in total. The van der Waals surface area contributed by atoms with E-state index in [1.807, 2.05) is 53.4 Å². The van der Waals surface area contributed by atoms with Crippen molar-refractivity contribution in [1.82, 2.24) is 4.90 Å². The van der Waals surface area contributed by atoms with Gasteiger partial charge in [0.1, 0.15) is 12.4 Å². The van der Waals surface area contributed by atoms with Gasteiger partial charge in [-0.25, -0.2) is 9.59 Å². The number of methoxy groups -OCH3 is 1. The number of urea groups is 1. The van der Waals surface area contributed by atoms with E-state index in [2.05, 4.69) is 5.32 Å². The van der Waals surface area contributed by atoms with Crippen molar-refractivity contribution in [2.24, 2.45) is 0 Å². The fourth-order valence-corrected chi connectivity index (χ4v) is 4.10. The van der Waals surface area contributed by atoms with Gasteiger partial charge < -0.3 is 19.7 Å². The number of nitrogens with zero attached hydrogens (tertiary/aromatic N) is 2. The molecule has 30 heavy (non-hydrogen) atoms. The first-order valence-electron chi connectivity index (χ1n) is 10.4. The van der Waals surface area contributed by atoms with Gasteiger partial charge in [-0.15, -0.1) is 0 Å². The smallest absolute Gasteiger partial charge is 0.414 e. The summed E-state index contributed by atoms with van der Waals surface area (Å²) in [6.45, 7) is 1.61. The normalized spacial score (nSPS) is 19.2. The number of hydrogen-bond acceptors (Lipinski definition) is 4. The topological polar surface area (TPSA) is 71.1 Å². The standard InChI is InChI=1S/C23H27N3O4/c1-29-20-11-9-17(10-12-20)21-8-3-2-4-13-26(21)22(27)24-18-6-5-7-19(16-18)25-14-15-30-23(25)28/h5-7,9-12,16,21H,2-4,8,13-15H2,1H3,(H,24,27)/t21-/m1/s1. The average molecular weight is 409 g/mol. The highest BCUT2D eigenvalue weighted by Gasteiger charge is 2.28. The van der Waals surface area contributed by atoms with E-state index in [0.717, 1.165) is 42.7 Å². The van der Waals surface area contributed by atoms with Crippen LogP contribution in [0.25, 0.3) is 0 Å². The second-order valence-corrected chi connectivity index (χ2v) is 7.58. The Hall–Kier alpha value is -3.22. The Kier molecular flexibility index (Phi) is 6.07. The fourth-order valence-electron chi connectivity index (χ4n) is 4.10. The van der Waals surface area contributed by atoms with E-state index in [1.165, 1.54) is 0 Å². The number of hydrogen-bond donors (Lipinski definition) is 1. The van der Waals surface area contributed by atoms with Gasteiger partial charge in [0.25, 0.3) is 0 Å². The van der Waals surface area contributed by atoms with Gasteiger partial charge in [0.05, 0.1) is 19.7 Å². The molecule has 158 valence electrons. The van der Waals surface area contributed by atoms with Crippen LogP contribution in [0.2, 0.25) is 0 Å².